The molecule has 0 saturated carbocycles. The Hall–Kier alpha value is -1.73. The monoisotopic (exact) mass is 365 g/mol. The van der Waals surface area contributed by atoms with Gasteiger partial charge in [0.25, 0.3) is 0 Å². The topological polar surface area (TPSA) is 39.5 Å². The van der Waals surface area contributed by atoms with Crippen molar-refractivity contribution in [2.45, 2.75) is 37.7 Å². The van der Waals surface area contributed by atoms with Crippen molar-refractivity contribution in [3.05, 3.63) is 35.4 Å². The van der Waals surface area contributed by atoms with Crippen molar-refractivity contribution in [2.75, 3.05) is 20.2 Å². The Labute approximate surface area is 152 Å². The molecule has 25 heavy (non-hydrogen) atoms. The standard InChI is InChI=1S/C18H24FN3O2S/c1-12-18(13(2)21(3)20-12)25-22-9-7-14(8-10-22)24-15-5-6-17(23-4)16(19)11-15/h5-6,11,14H,7-10H2,1-4H3. The second-order valence-corrected chi connectivity index (χ2v) is 7.36. The normalized spacial score (nSPS) is 16.2. The summed E-state index contributed by atoms with van der Waals surface area (Å²) in [6.07, 6.45) is 1.94. The van der Waals surface area contributed by atoms with Gasteiger partial charge in [0.1, 0.15) is 11.9 Å². The molecule has 2 aromatic rings. The van der Waals surface area contributed by atoms with Gasteiger partial charge in [0.15, 0.2) is 11.6 Å². The Bertz CT molecular complexity index is 742. The molecule has 0 bridgehead atoms. The molecule has 7 heteroatoms. The minimum atomic E-state index is -0.393. The molecule has 0 N–H and O–H groups in total. The molecule has 1 saturated heterocycles. The SMILES string of the molecule is COc1ccc(OC2CCN(Sc3c(C)nn(C)c3C)CC2)cc1F. The van der Waals surface area contributed by atoms with Crippen LogP contribution in [-0.4, -0.2) is 40.4 Å². The lowest BCUT2D eigenvalue weighted by atomic mass is 10.1. The minimum absolute atomic E-state index is 0.112. The summed E-state index contributed by atoms with van der Waals surface area (Å²) in [5.74, 6) is 0.402. The molecule has 0 amide bonds. The van der Waals surface area contributed by atoms with Crippen molar-refractivity contribution in [1.82, 2.24) is 14.1 Å². The smallest absolute Gasteiger partial charge is 0.168 e. The van der Waals surface area contributed by atoms with E-state index in [-0.39, 0.29) is 11.9 Å². The summed E-state index contributed by atoms with van der Waals surface area (Å²) < 4.78 is 28.9. The van der Waals surface area contributed by atoms with Crippen LogP contribution in [0.3, 0.4) is 0 Å². The van der Waals surface area contributed by atoms with Crippen molar-refractivity contribution in [1.29, 1.82) is 0 Å². The number of piperidine rings is 1. The summed E-state index contributed by atoms with van der Waals surface area (Å²) in [5.41, 5.74) is 2.26. The van der Waals surface area contributed by atoms with E-state index in [0.29, 0.717) is 5.75 Å². The van der Waals surface area contributed by atoms with Crippen molar-refractivity contribution >= 4 is 11.9 Å². The highest BCUT2D eigenvalue weighted by molar-refractivity contribution is 7.97. The molecule has 1 aliphatic heterocycles. The average Bonchev–Trinajstić information content (AvgIpc) is 2.83. The van der Waals surface area contributed by atoms with Crippen LogP contribution in [0.15, 0.2) is 23.1 Å². The molecule has 0 aliphatic carbocycles. The Morgan fingerprint density at radius 2 is 1.96 bits per heavy atom. The first-order chi connectivity index (χ1) is 12.0. The molecule has 2 heterocycles. The Morgan fingerprint density at radius 3 is 2.52 bits per heavy atom. The van der Waals surface area contributed by atoms with Crippen molar-refractivity contribution in [3.8, 4) is 11.5 Å². The van der Waals surface area contributed by atoms with E-state index < -0.39 is 5.82 Å². The molecule has 5 nitrogen and oxygen atoms in total. The lowest BCUT2D eigenvalue weighted by molar-refractivity contribution is 0.138. The van der Waals surface area contributed by atoms with Crippen LogP contribution in [0.25, 0.3) is 0 Å². The van der Waals surface area contributed by atoms with Crippen LogP contribution in [-0.2, 0) is 7.05 Å². The van der Waals surface area contributed by atoms with Gasteiger partial charge in [-0.05, 0) is 50.8 Å². The molecule has 1 aromatic heterocycles. The van der Waals surface area contributed by atoms with Crippen molar-refractivity contribution in [2.24, 2.45) is 7.05 Å². The second kappa shape index (κ2) is 7.66. The number of hydrogen-bond donors (Lipinski definition) is 0. The maximum absolute atomic E-state index is 13.8. The Morgan fingerprint density at radius 1 is 1.24 bits per heavy atom. The number of ether oxygens (including phenoxy) is 2. The number of nitrogens with zero attached hydrogens (tertiary/aromatic N) is 3. The van der Waals surface area contributed by atoms with E-state index in [2.05, 4.69) is 16.3 Å². The summed E-state index contributed by atoms with van der Waals surface area (Å²) in [4.78, 5) is 1.24. The van der Waals surface area contributed by atoms with Crippen LogP contribution in [0.4, 0.5) is 4.39 Å². The van der Waals surface area contributed by atoms with E-state index in [1.807, 2.05) is 18.7 Å². The zero-order valence-electron chi connectivity index (χ0n) is 15.1. The number of benzene rings is 1. The van der Waals surface area contributed by atoms with Gasteiger partial charge in [-0.3, -0.25) is 4.68 Å². The quantitative estimate of drug-likeness (QED) is 0.755. The first kappa shape index (κ1) is 18.1. The summed E-state index contributed by atoms with van der Waals surface area (Å²) in [6.45, 7) is 6.00. The van der Waals surface area contributed by atoms with Crippen molar-refractivity contribution in [3.63, 3.8) is 0 Å². The summed E-state index contributed by atoms with van der Waals surface area (Å²) in [5, 5.41) is 4.47. The zero-order chi connectivity index (χ0) is 18.0. The lowest BCUT2D eigenvalue weighted by Crippen LogP contribution is -2.34. The fourth-order valence-electron chi connectivity index (χ4n) is 2.97. The molecular weight excluding hydrogens is 341 g/mol. The van der Waals surface area contributed by atoms with Gasteiger partial charge in [0.05, 0.1) is 23.4 Å². The number of aromatic nitrogens is 2. The number of aryl methyl sites for hydroxylation is 2. The third kappa shape index (κ3) is 4.10. The highest BCUT2D eigenvalue weighted by Crippen LogP contribution is 2.32. The van der Waals surface area contributed by atoms with Crippen LogP contribution in [0.2, 0.25) is 0 Å². The summed E-state index contributed by atoms with van der Waals surface area (Å²) in [6, 6.07) is 4.75. The van der Waals surface area contributed by atoms with Crippen LogP contribution >= 0.6 is 11.9 Å². The van der Waals surface area contributed by atoms with E-state index in [1.165, 1.54) is 23.8 Å². The molecule has 1 aliphatic rings. The number of rotatable bonds is 5. The first-order valence-corrected chi connectivity index (χ1v) is 9.18. The minimum Gasteiger partial charge on any atom is -0.494 e. The van der Waals surface area contributed by atoms with E-state index in [1.54, 1.807) is 24.1 Å². The highest BCUT2D eigenvalue weighted by atomic mass is 32.2. The predicted molar refractivity (Wildman–Crippen MR) is 96.7 cm³/mol. The van der Waals surface area contributed by atoms with Crippen LogP contribution in [0, 0.1) is 19.7 Å². The third-order valence-electron chi connectivity index (χ3n) is 4.49. The molecule has 0 unspecified atom stereocenters. The molecule has 0 atom stereocenters. The largest absolute Gasteiger partial charge is 0.494 e. The van der Waals surface area contributed by atoms with Gasteiger partial charge in [-0.1, -0.05) is 0 Å². The third-order valence-corrected chi connectivity index (χ3v) is 5.89. The fraction of sp³-hybridized carbons (Fsp3) is 0.500. The summed E-state index contributed by atoms with van der Waals surface area (Å²) in [7, 11) is 3.43. The van der Waals surface area contributed by atoms with Crippen LogP contribution < -0.4 is 9.47 Å². The second-order valence-electron chi connectivity index (χ2n) is 6.26. The van der Waals surface area contributed by atoms with E-state index in [4.69, 9.17) is 9.47 Å². The average molecular weight is 365 g/mol. The molecule has 1 fully saturated rings. The predicted octanol–water partition coefficient (Wildman–Crippen LogP) is 3.74. The molecular formula is C18H24FN3O2S. The van der Waals surface area contributed by atoms with E-state index >= 15 is 0 Å². The number of halogens is 1. The first-order valence-electron chi connectivity index (χ1n) is 8.41. The highest BCUT2D eigenvalue weighted by Gasteiger charge is 2.23. The zero-order valence-corrected chi connectivity index (χ0v) is 15.9. The van der Waals surface area contributed by atoms with Crippen molar-refractivity contribution < 1.29 is 13.9 Å². The molecule has 1 aromatic carbocycles. The van der Waals surface area contributed by atoms with Gasteiger partial charge in [0.2, 0.25) is 0 Å². The van der Waals surface area contributed by atoms with Gasteiger partial charge >= 0.3 is 0 Å². The molecule has 0 spiro atoms. The lowest BCUT2D eigenvalue weighted by Gasteiger charge is -2.31. The molecule has 0 radical (unpaired) electrons. The maximum Gasteiger partial charge on any atom is 0.168 e. The van der Waals surface area contributed by atoms with E-state index in [9.17, 15) is 4.39 Å². The van der Waals surface area contributed by atoms with Gasteiger partial charge in [-0.2, -0.15) is 5.10 Å². The fourth-order valence-corrected chi connectivity index (χ4v) is 4.06. The Balaban J connectivity index is 1.54. The molecule has 3 rings (SSSR count). The number of hydrogen-bond acceptors (Lipinski definition) is 5. The van der Waals surface area contributed by atoms with E-state index in [0.717, 1.165) is 31.6 Å². The van der Waals surface area contributed by atoms with Crippen LogP contribution in [0.5, 0.6) is 11.5 Å². The molecule has 136 valence electrons. The maximum atomic E-state index is 13.8. The number of methoxy groups -OCH3 is 1. The Kier molecular flexibility index (Phi) is 5.54. The van der Waals surface area contributed by atoms with Gasteiger partial charge in [-0.25, -0.2) is 8.70 Å². The van der Waals surface area contributed by atoms with Gasteiger partial charge in [-0.15, -0.1) is 0 Å². The summed E-state index contributed by atoms with van der Waals surface area (Å²) >= 11 is 1.77. The van der Waals surface area contributed by atoms with Gasteiger partial charge in [0, 0.05) is 26.2 Å². The van der Waals surface area contributed by atoms with Gasteiger partial charge < -0.3 is 9.47 Å². The van der Waals surface area contributed by atoms with Crippen LogP contribution in [0.1, 0.15) is 24.2 Å².